The van der Waals surface area contributed by atoms with Crippen LogP contribution in [-0.2, 0) is 52.0 Å². The summed E-state index contributed by atoms with van der Waals surface area (Å²) in [5.74, 6) is 0.173. The fourth-order valence-corrected chi connectivity index (χ4v) is 19.2. The summed E-state index contributed by atoms with van der Waals surface area (Å²) in [4.78, 5) is 16.9. The van der Waals surface area contributed by atoms with Crippen molar-refractivity contribution in [3.05, 3.63) is 210 Å². The summed E-state index contributed by atoms with van der Waals surface area (Å²) in [6.07, 6.45) is 2.76. The monoisotopic (exact) mass is 1770 g/mol. The van der Waals surface area contributed by atoms with E-state index < -0.39 is 121 Å². The second-order valence-corrected chi connectivity index (χ2v) is 33.3. The molecule has 16 atom stereocenters. The van der Waals surface area contributed by atoms with E-state index in [-0.39, 0.29) is 61.0 Å². The number of hydrogen-bond acceptors (Lipinski definition) is 24. The van der Waals surface area contributed by atoms with Gasteiger partial charge in [0.2, 0.25) is 0 Å². The number of halogens is 7. The zero-order valence-electron chi connectivity index (χ0n) is 64.1. The number of nitrogens with zero attached hydrogens (tertiary/aromatic N) is 8. The summed E-state index contributed by atoms with van der Waals surface area (Å²) in [5.41, 5.74) is 35.2. The van der Waals surface area contributed by atoms with Gasteiger partial charge in [-0.05, 0) is 144 Å². The van der Waals surface area contributed by atoms with Crippen LogP contribution in [0.3, 0.4) is 0 Å². The first-order valence-corrected chi connectivity index (χ1v) is 41.0. The number of rotatable bonds is 12. The van der Waals surface area contributed by atoms with Crippen molar-refractivity contribution in [2.45, 2.75) is 182 Å². The van der Waals surface area contributed by atoms with Crippen molar-refractivity contribution in [1.29, 1.82) is 0 Å². The standard InChI is InChI=1S/C22H25FN4O3.C21H21BrF2N4O3.C21H22BrFN4O3.C20H21FN4O3/c1-11-6-12-2-4-25-9-13(12)17(7-11)30-18-8-16(20(28)21(18)29)27-10-14(23)19-15(24)3-5-26-22(19)27;22-11-5-15(10-7-26-3-1-9(10)18(11)24)31-16-6-14(19(29)20(16)30)28-8-12(23)17-13(25)2-4-27-21(17)28;22-11-5-10-1-3-25-8-12(10)16(6-11)30-17-7-15(19(28)20(17)29)27-9-13(23)18-14(24)2-4-26-21(18)27;21-12-9-25(20-17(12)13(22)4-5-24-20)14-6-16(19(27)18(14)26)28-15-3-1-2-10-7-23-8-11(10)15/h3,5-7,10,16,18,20-21,25,28-29H,2,4,8-9H2,1H3,(H2,24,26);2,4-5,8,14,16,19-20,26,29-30H,1,3,6-7H2,(H2,25,27);2,4-6,9,15,17,19-20,25,28-29H,1,3,7-8H2,(H2,24,26);1-5,9,14,16,18-19,23,26-27H,6-8H2,(H2,22,24)/t16-,18+,20+,21-;14-,16+,19+,20-;15-,17+,19+,20-;14-,16+,18+,19-/m1111/s1. The topological polar surface area (TPSA) is 422 Å². The van der Waals surface area contributed by atoms with Crippen molar-refractivity contribution in [3.63, 3.8) is 0 Å². The second kappa shape index (κ2) is 33.3. The molecule has 12 aromatic rings. The number of ether oxygens (including phenoxy) is 4. The van der Waals surface area contributed by atoms with Crippen LogP contribution in [0.2, 0.25) is 0 Å². The van der Waals surface area contributed by atoms with Crippen LogP contribution in [0.25, 0.3) is 44.1 Å². The van der Waals surface area contributed by atoms with Gasteiger partial charge in [-0.1, -0.05) is 34.1 Å². The molecule has 20 N–H and O–H groups in total. The summed E-state index contributed by atoms with van der Waals surface area (Å²) in [5, 5.41) is 99.5. The number of pyridine rings is 4. The SMILES string of the molecule is Cc1cc2c(c(O[C@H]3C[C@@H](n4cc(F)c5c(N)ccnc54)[C@H](O)[C@@H]3O)c1)CNCC2.Nc1ccnc2c1c(F)cn2[C@@H]1C[C@H](Oc2cc(Br)c(F)c3c2CNCC3)[C@@H](O)[C@H]1O.Nc1ccnc2c1c(F)cn2[C@@H]1C[C@H](Oc2cc(Br)cc3c2CNCC3)[C@@H](O)[C@H]1O.Nc1ccnc2c1c(F)cn2[C@@H]1C[C@H](Oc2cccc3c2CNC3)[C@@H](O)[C@H]1O. The van der Waals surface area contributed by atoms with Crippen molar-refractivity contribution in [2.75, 3.05) is 42.6 Å². The van der Waals surface area contributed by atoms with Gasteiger partial charge in [0.25, 0.3) is 0 Å². The molecular weight excluding hydrogens is 1680 g/mol. The van der Waals surface area contributed by atoms with Crippen molar-refractivity contribution < 1.29 is 81.8 Å². The van der Waals surface area contributed by atoms with E-state index in [0.29, 0.717) is 109 Å². The number of hydrogen-bond donors (Lipinski definition) is 16. The number of aliphatic hydroxyl groups excluding tert-OH is 8. The lowest BCUT2D eigenvalue weighted by Crippen LogP contribution is -2.35. The number of benzene rings is 4. The predicted octanol–water partition coefficient (Wildman–Crippen LogP) is 8.00. The molecule has 4 saturated carbocycles. The maximum atomic E-state index is 14.5. The normalized spacial score (nSPS) is 26.2. The van der Waals surface area contributed by atoms with Crippen LogP contribution in [0.15, 0.2) is 131 Å². The molecule has 4 aliphatic heterocycles. The Balaban J connectivity index is 0.000000114. The minimum absolute atomic E-state index is 0.177. The Hall–Kier alpha value is -9.83. The first kappa shape index (κ1) is 81.5. The zero-order valence-corrected chi connectivity index (χ0v) is 67.3. The molecule has 8 aromatic heterocycles. The van der Waals surface area contributed by atoms with Crippen LogP contribution < -0.4 is 63.1 Å². The van der Waals surface area contributed by atoms with Crippen molar-refractivity contribution in [2.24, 2.45) is 0 Å². The van der Waals surface area contributed by atoms with Gasteiger partial charge in [-0.2, -0.15) is 0 Å². The lowest BCUT2D eigenvalue weighted by Gasteiger charge is -2.25. The molecule has 119 heavy (non-hydrogen) atoms. The fraction of sp³-hybridized carbons (Fsp3) is 0.381. The number of aromatic nitrogens is 8. The number of aryl methyl sites for hydroxylation is 1. The quantitative estimate of drug-likeness (QED) is 0.0515. The molecule has 4 fully saturated rings. The van der Waals surface area contributed by atoms with Crippen LogP contribution in [-0.4, -0.2) is 172 Å². The smallest absolute Gasteiger partial charge is 0.152 e. The number of anilines is 4. The van der Waals surface area contributed by atoms with Gasteiger partial charge in [0, 0.05) is 157 Å². The van der Waals surface area contributed by atoms with Crippen molar-refractivity contribution in [1.82, 2.24) is 59.5 Å². The Bertz CT molecular complexity index is 5690. The van der Waals surface area contributed by atoms with Gasteiger partial charge >= 0.3 is 0 Å². The molecule has 0 unspecified atom stereocenters. The average Bonchev–Trinajstić information content (AvgIpc) is 1.63. The van der Waals surface area contributed by atoms with Crippen LogP contribution in [0, 0.1) is 36.0 Å². The summed E-state index contributed by atoms with van der Waals surface area (Å²) < 4.78 is 104. The van der Waals surface area contributed by atoms with Crippen LogP contribution in [0.1, 0.15) is 99.9 Å². The van der Waals surface area contributed by atoms with Gasteiger partial charge in [0.15, 0.2) is 23.3 Å². The van der Waals surface area contributed by atoms with E-state index >= 15 is 0 Å². The maximum absolute atomic E-state index is 14.5. The number of fused-ring (bicyclic) bond motifs is 8. The first-order chi connectivity index (χ1) is 57.3. The largest absolute Gasteiger partial charge is 0.487 e. The molecule has 4 aromatic carbocycles. The van der Waals surface area contributed by atoms with Gasteiger partial charge in [0.05, 0.1) is 50.2 Å². The Morgan fingerprint density at radius 2 is 0.723 bits per heavy atom. The molecule has 28 nitrogen and oxygen atoms in total. The molecule has 0 spiro atoms. The highest BCUT2D eigenvalue weighted by Gasteiger charge is 2.50. The van der Waals surface area contributed by atoms with E-state index in [9.17, 15) is 62.8 Å². The molecule has 0 bridgehead atoms. The Morgan fingerprint density at radius 1 is 0.378 bits per heavy atom. The molecule has 0 radical (unpaired) electrons. The highest BCUT2D eigenvalue weighted by atomic mass is 79.9. The van der Waals surface area contributed by atoms with E-state index in [1.807, 2.05) is 37.3 Å². The molecule has 8 aliphatic rings. The number of nitrogens with two attached hydrogens (primary N) is 4. The van der Waals surface area contributed by atoms with E-state index in [1.165, 1.54) is 95.1 Å². The maximum Gasteiger partial charge on any atom is 0.152 e. The van der Waals surface area contributed by atoms with Gasteiger partial charge in [0.1, 0.15) is 125 Å². The molecule has 0 saturated heterocycles. The highest BCUT2D eigenvalue weighted by Crippen LogP contribution is 2.46. The predicted molar refractivity (Wildman–Crippen MR) is 439 cm³/mol. The minimum Gasteiger partial charge on any atom is -0.487 e. The van der Waals surface area contributed by atoms with E-state index in [4.69, 9.17) is 41.9 Å². The summed E-state index contributed by atoms with van der Waals surface area (Å²) >= 11 is 6.76. The number of aliphatic hydroxyl groups is 8. The molecule has 12 heterocycles. The Labute approximate surface area is 694 Å². The second-order valence-electron chi connectivity index (χ2n) is 31.5. The van der Waals surface area contributed by atoms with E-state index in [1.54, 1.807) is 19.8 Å². The van der Waals surface area contributed by atoms with Crippen molar-refractivity contribution in [3.8, 4) is 23.0 Å². The van der Waals surface area contributed by atoms with Gasteiger partial charge in [-0.25, -0.2) is 41.9 Å². The van der Waals surface area contributed by atoms with Crippen LogP contribution in [0.5, 0.6) is 23.0 Å². The summed E-state index contributed by atoms with van der Waals surface area (Å²) in [6.45, 7) is 7.82. The lowest BCUT2D eigenvalue weighted by molar-refractivity contribution is -0.0167. The first-order valence-electron chi connectivity index (χ1n) is 39.4. The minimum atomic E-state index is -1.22. The zero-order chi connectivity index (χ0) is 83.3. The molecule has 626 valence electrons. The van der Waals surface area contributed by atoms with Crippen LogP contribution >= 0.6 is 31.9 Å². The van der Waals surface area contributed by atoms with E-state index in [0.717, 1.165) is 65.0 Å². The molecule has 20 rings (SSSR count). The molecule has 4 aliphatic carbocycles. The van der Waals surface area contributed by atoms with Crippen molar-refractivity contribution >= 4 is 98.7 Å². The fourth-order valence-electron chi connectivity index (χ4n) is 18.3. The molecular formula is C84H89Br2F5N16O12. The summed E-state index contributed by atoms with van der Waals surface area (Å²) in [6, 6.07) is 19.1. The molecule has 35 heteroatoms. The van der Waals surface area contributed by atoms with Crippen LogP contribution in [0.4, 0.5) is 44.7 Å². The number of nitrogens with one attached hydrogen (secondary N) is 4. The highest BCUT2D eigenvalue weighted by molar-refractivity contribution is 9.10. The average molecular weight is 1770 g/mol. The lowest BCUT2D eigenvalue weighted by atomic mass is 9.97. The Kier molecular flexibility index (Phi) is 22.8. The Morgan fingerprint density at radius 3 is 1.13 bits per heavy atom. The third kappa shape index (κ3) is 15.2. The number of nitrogen functional groups attached to an aromatic ring is 4. The third-order valence-electron chi connectivity index (χ3n) is 24.3. The summed E-state index contributed by atoms with van der Waals surface area (Å²) in [7, 11) is 0. The van der Waals surface area contributed by atoms with Gasteiger partial charge < -0.3 is 122 Å². The van der Waals surface area contributed by atoms with Gasteiger partial charge in [-0.3, -0.25) is 0 Å². The molecule has 0 amide bonds. The van der Waals surface area contributed by atoms with E-state index in [2.05, 4.69) is 85.2 Å². The van der Waals surface area contributed by atoms with Gasteiger partial charge in [-0.15, -0.1) is 0 Å². The third-order valence-corrected chi connectivity index (χ3v) is 25.3.